The van der Waals surface area contributed by atoms with Crippen LogP contribution >= 0.6 is 0 Å². The number of hydrogen-bond acceptors (Lipinski definition) is 0. The Morgan fingerprint density at radius 2 is 1.17 bits per heavy atom. The van der Waals surface area contributed by atoms with Crippen LogP contribution in [0, 0.1) is 31.6 Å². The first-order chi connectivity index (χ1) is 11.8. The highest BCUT2D eigenvalue weighted by Gasteiger charge is 2.04. The van der Waals surface area contributed by atoms with E-state index in [1.807, 2.05) is 0 Å². The molecule has 0 N–H and O–H groups in total. The summed E-state index contributed by atoms with van der Waals surface area (Å²) in [5.41, 5.74) is 0. The minimum Gasteiger partial charge on any atom is -0.103 e. The summed E-state index contributed by atoms with van der Waals surface area (Å²) in [6.45, 7) is 10.1. The van der Waals surface area contributed by atoms with Gasteiger partial charge in [-0.2, -0.15) is 0 Å². The van der Waals surface area contributed by atoms with Crippen LogP contribution in [0.4, 0.5) is 0 Å². The average molecular weight is 333 g/mol. The standard InChI is InChI=1S/C24H44/c1-4-7-9-10-11-12-13-14-15-16-17-18-19-20-23-24(21-6-3)22-8-5-2/h24H,1-2,4-18,21-23H2,3H3. The normalized spacial score (nSPS) is 12.0. The predicted molar refractivity (Wildman–Crippen MR) is 111 cm³/mol. The van der Waals surface area contributed by atoms with Crippen molar-refractivity contribution in [3.63, 3.8) is 0 Å². The third kappa shape index (κ3) is 17.9. The third-order valence-electron chi connectivity index (χ3n) is 4.88. The van der Waals surface area contributed by atoms with Crippen molar-refractivity contribution < 1.29 is 0 Å². The molecule has 24 heavy (non-hydrogen) atoms. The quantitative estimate of drug-likeness (QED) is 0.185. The monoisotopic (exact) mass is 332 g/mol. The Bertz CT molecular complexity index is 280. The molecule has 0 heterocycles. The Hall–Kier alpha value is -0.440. The number of hydrogen-bond donors (Lipinski definition) is 0. The van der Waals surface area contributed by atoms with Crippen molar-refractivity contribution in [3.8, 4) is 11.8 Å². The van der Waals surface area contributed by atoms with Gasteiger partial charge < -0.3 is 0 Å². The maximum Gasteiger partial charge on any atom is 0.0117 e. The van der Waals surface area contributed by atoms with Crippen LogP contribution in [-0.2, 0) is 0 Å². The van der Waals surface area contributed by atoms with E-state index in [-0.39, 0.29) is 0 Å². The maximum atomic E-state index is 3.95. The molecule has 0 spiro atoms. The fraction of sp³-hybridized carbons (Fsp3) is 0.833. The highest BCUT2D eigenvalue weighted by Crippen LogP contribution is 2.18. The molecule has 0 aliphatic heterocycles. The van der Waals surface area contributed by atoms with Gasteiger partial charge in [-0.1, -0.05) is 104 Å². The summed E-state index contributed by atoms with van der Waals surface area (Å²) in [6.07, 6.45) is 23.5. The molecule has 0 bridgehead atoms. The van der Waals surface area contributed by atoms with Crippen LogP contribution in [0.1, 0.15) is 122 Å². The summed E-state index contributed by atoms with van der Waals surface area (Å²) >= 11 is 0. The molecule has 0 rings (SSSR count). The van der Waals surface area contributed by atoms with Crippen LogP contribution < -0.4 is 0 Å². The topological polar surface area (TPSA) is 0 Å². The van der Waals surface area contributed by atoms with E-state index in [1.165, 1.54) is 89.9 Å². The van der Waals surface area contributed by atoms with Crippen LogP contribution in [-0.4, -0.2) is 0 Å². The molecule has 0 aliphatic carbocycles. The minimum atomic E-state index is 0.817. The molecule has 0 aliphatic rings. The summed E-state index contributed by atoms with van der Waals surface area (Å²) in [7, 11) is 0. The molecule has 140 valence electrons. The van der Waals surface area contributed by atoms with E-state index in [2.05, 4.69) is 32.6 Å². The van der Waals surface area contributed by atoms with Gasteiger partial charge in [-0.3, -0.25) is 0 Å². The Morgan fingerprint density at radius 1 is 0.625 bits per heavy atom. The van der Waals surface area contributed by atoms with Gasteiger partial charge in [0.1, 0.15) is 0 Å². The van der Waals surface area contributed by atoms with Crippen molar-refractivity contribution in [1.82, 2.24) is 0 Å². The van der Waals surface area contributed by atoms with Crippen molar-refractivity contribution in [2.45, 2.75) is 122 Å². The lowest BCUT2D eigenvalue weighted by Crippen LogP contribution is -1.98. The maximum absolute atomic E-state index is 3.95. The molecular formula is C24H44. The third-order valence-corrected chi connectivity index (χ3v) is 4.88. The second kappa shape index (κ2) is 20.6. The zero-order valence-electron chi connectivity index (χ0n) is 16.7. The molecule has 0 aromatic rings. The molecule has 0 amide bonds. The summed E-state index contributed by atoms with van der Waals surface area (Å²) in [6, 6.07) is 0. The molecule has 0 saturated heterocycles. The SMILES string of the molecule is [CH2]CCCCCCCCCCCCC#CCC(CCC)CCC[CH2]. The van der Waals surface area contributed by atoms with E-state index in [0.29, 0.717) is 0 Å². The first-order valence-electron chi connectivity index (χ1n) is 10.9. The van der Waals surface area contributed by atoms with Crippen molar-refractivity contribution in [2.24, 2.45) is 5.92 Å². The molecule has 0 aromatic carbocycles. The van der Waals surface area contributed by atoms with E-state index in [4.69, 9.17) is 0 Å². The van der Waals surface area contributed by atoms with Crippen molar-refractivity contribution in [1.29, 1.82) is 0 Å². The zero-order valence-corrected chi connectivity index (χ0v) is 16.7. The van der Waals surface area contributed by atoms with Gasteiger partial charge in [0, 0.05) is 12.8 Å². The molecular weight excluding hydrogens is 288 g/mol. The van der Waals surface area contributed by atoms with E-state index in [9.17, 15) is 0 Å². The second-order valence-electron chi connectivity index (χ2n) is 7.35. The fourth-order valence-corrected chi connectivity index (χ4v) is 3.30. The lowest BCUT2D eigenvalue weighted by molar-refractivity contribution is 0.443. The lowest BCUT2D eigenvalue weighted by Gasteiger charge is -2.11. The fourth-order valence-electron chi connectivity index (χ4n) is 3.30. The van der Waals surface area contributed by atoms with E-state index < -0.39 is 0 Å². The largest absolute Gasteiger partial charge is 0.103 e. The first kappa shape index (κ1) is 23.6. The van der Waals surface area contributed by atoms with Gasteiger partial charge in [0.2, 0.25) is 0 Å². The first-order valence-corrected chi connectivity index (χ1v) is 10.9. The molecule has 2 radical (unpaired) electrons. The van der Waals surface area contributed by atoms with Crippen LogP contribution in [0.3, 0.4) is 0 Å². The summed E-state index contributed by atoms with van der Waals surface area (Å²) in [5.74, 6) is 7.67. The number of unbranched alkanes of at least 4 members (excludes halogenated alkanes) is 12. The Morgan fingerprint density at radius 3 is 1.71 bits per heavy atom. The van der Waals surface area contributed by atoms with E-state index >= 15 is 0 Å². The van der Waals surface area contributed by atoms with Gasteiger partial charge in [-0.25, -0.2) is 0 Å². The summed E-state index contributed by atoms with van der Waals surface area (Å²) in [5, 5.41) is 0. The van der Waals surface area contributed by atoms with Crippen LogP contribution in [0.2, 0.25) is 0 Å². The van der Waals surface area contributed by atoms with Gasteiger partial charge >= 0.3 is 0 Å². The Labute approximate surface area is 154 Å². The van der Waals surface area contributed by atoms with E-state index in [1.54, 1.807) is 0 Å². The molecule has 0 nitrogen and oxygen atoms in total. The average Bonchev–Trinajstić information content (AvgIpc) is 2.59. The Kier molecular flexibility index (Phi) is 20.2. The van der Waals surface area contributed by atoms with Crippen LogP contribution in [0.5, 0.6) is 0 Å². The van der Waals surface area contributed by atoms with Crippen molar-refractivity contribution in [2.75, 3.05) is 0 Å². The molecule has 1 atom stereocenters. The van der Waals surface area contributed by atoms with Crippen LogP contribution in [0.25, 0.3) is 0 Å². The van der Waals surface area contributed by atoms with E-state index in [0.717, 1.165) is 31.6 Å². The van der Waals surface area contributed by atoms with Crippen molar-refractivity contribution >= 4 is 0 Å². The second-order valence-corrected chi connectivity index (χ2v) is 7.35. The highest BCUT2D eigenvalue weighted by molar-refractivity contribution is 4.99. The predicted octanol–water partition coefficient (Wildman–Crippen LogP) is 8.32. The molecule has 0 heteroatoms. The number of rotatable bonds is 17. The summed E-state index contributed by atoms with van der Waals surface area (Å²) in [4.78, 5) is 0. The summed E-state index contributed by atoms with van der Waals surface area (Å²) < 4.78 is 0. The highest BCUT2D eigenvalue weighted by atomic mass is 14.1. The van der Waals surface area contributed by atoms with Gasteiger partial charge in [-0.05, 0) is 25.2 Å². The minimum absolute atomic E-state index is 0.817. The van der Waals surface area contributed by atoms with Gasteiger partial charge in [0.05, 0.1) is 0 Å². The molecule has 0 fully saturated rings. The molecule has 0 aromatic heterocycles. The lowest BCUT2D eigenvalue weighted by atomic mass is 9.94. The van der Waals surface area contributed by atoms with Gasteiger partial charge in [0.25, 0.3) is 0 Å². The smallest absolute Gasteiger partial charge is 0.0117 e. The zero-order chi connectivity index (χ0) is 17.7. The molecule has 1 unspecified atom stereocenters. The molecule has 0 saturated carbocycles. The Balaban J connectivity index is 3.37. The van der Waals surface area contributed by atoms with Crippen LogP contribution in [0.15, 0.2) is 0 Å². The van der Waals surface area contributed by atoms with Gasteiger partial charge in [0.15, 0.2) is 0 Å². The van der Waals surface area contributed by atoms with Gasteiger partial charge in [-0.15, -0.1) is 11.8 Å². The van der Waals surface area contributed by atoms with Crippen molar-refractivity contribution in [3.05, 3.63) is 13.8 Å².